The van der Waals surface area contributed by atoms with Gasteiger partial charge in [0.05, 0.1) is 13.0 Å². The van der Waals surface area contributed by atoms with Gasteiger partial charge in [0.2, 0.25) is 11.8 Å². The van der Waals surface area contributed by atoms with E-state index in [0.717, 1.165) is 18.6 Å². The molecular weight excluding hydrogens is 280 g/mol. The highest BCUT2D eigenvalue weighted by molar-refractivity contribution is 5.78. The standard InChI is InChI=1S/C17H26N2O3/c1-3-14(4-2)17(21)19-12-11-18-16(20)10-13-22-15-8-6-5-7-9-15/h5-9,14H,3-4,10-13H2,1-2H3,(H,18,20)(H,19,21). The Morgan fingerprint density at radius 2 is 1.68 bits per heavy atom. The number of hydrogen-bond acceptors (Lipinski definition) is 3. The molecule has 122 valence electrons. The first-order valence-corrected chi connectivity index (χ1v) is 7.89. The molecule has 0 aliphatic rings. The number of nitrogens with one attached hydrogen (secondary N) is 2. The van der Waals surface area contributed by atoms with E-state index in [1.807, 2.05) is 44.2 Å². The Morgan fingerprint density at radius 3 is 2.32 bits per heavy atom. The second-order valence-corrected chi connectivity index (χ2v) is 5.07. The topological polar surface area (TPSA) is 67.4 Å². The van der Waals surface area contributed by atoms with Crippen molar-refractivity contribution in [3.8, 4) is 5.75 Å². The number of hydrogen-bond donors (Lipinski definition) is 2. The van der Waals surface area contributed by atoms with Gasteiger partial charge in [-0.25, -0.2) is 0 Å². The quantitative estimate of drug-likeness (QED) is 0.651. The summed E-state index contributed by atoms with van der Waals surface area (Å²) < 4.78 is 5.45. The molecule has 0 saturated carbocycles. The van der Waals surface area contributed by atoms with Gasteiger partial charge in [-0.15, -0.1) is 0 Å². The molecule has 0 spiro atoms. The smallest absolute Gasteiger partial charge is 0.223 e. The maximum absolute atomic E-state index is 11.7. The van der Waals surface area contributed by atoms with Crippen LogP contribution in [-0.2, 0) is 9.59 Å². The van der Waals surface area contributed by atoms with E-state index in [-0.39, 0.29) is 17.7 Å². The van der Waals surface area contributed by atoms with Gasteiger partial charge in [0.25, 0.3) is 0 Å². The Labute approximate surface area is 132 Å². The molecule has 0 fully saturated rings. The molecule has 0 aromatic heterocycles. The van der Waals surface area contributed by atoms with Crippen molar-refractivity contribution in [3.63, 3.8) is 0 Å². The fourth-order valence-corrected chi connectivity index (χ4v) is 2.06. The van der Waals surface area contributed by atoms with Gasteiger partial charge in [0, 0.05) is 19.0 Å². The van der Waals surface area contributed by atoms with Crippen LogP contribution in [0.15, 0.2) is 30.3 Å². The molecule has 5 heteroatoms. The lowest BCUT2D eigenvalue weighted by molar-refractivity contribution is -0.125. The molecule has 0 aliphatic carbocycles. The predicted molar refractivity (Wildman–Crippen MR) is 86.6 cm³/mol. The summed E-state index contributed by atoms with van der Waals surface area (Å²) in [5.41, 5.74) is 0. The number of benzene rings is 1. The largest absolute Gasteiger partial charge is 0.493 e. The predicted octanol–water partition coefficient (Wildman–Crippen LogP) is 2.12. The number of ether oxygens (including phenoxy) is 1. The summed E-state index contributed by atoms with van der Waals surface area (Å²) >= 11 is 0. The molecule has 0 saturated heterocycles. The normalized spacial score (nSPS) is 10.3. The van der Waals surface area contributed by atoms with E-state index in [9.17, 15) is 9.59 Å². The van der Waals surface area contributed by atoms with Gasteiger partial charge in [-0.1, -0.05) is 32.0 Å². The van der Waals surface area contributed by atoms with Crippen LogP contribution in [0.25, 0.3) is 0 Å². The third-order valence-electron chi connectivity index (χ3n) is 3.44. The Kier molecular flexibility index (Phi) is 8.72. The molecular formula is C17H26N2O3. The molecule has 2 N–H and O–H groups in total. The first-order valence-electron chi connectivity index (χ1n) is 7.89. The van der Waals surface area contributed by atoms with Gasteiger partial charge in [-0.3, -0.25) is 9.59 Å². The summed E-state index contributed by atoms with van der Waals surface area (Å²) in [6.07, 6.45) is 1.98. The summed E-state index contributed by atoms with van der Waals surface area (Å²) in [5, 5.41) is 5.60. The maximum atomic E-state index is 11.7. The zero-order valence-electron chi connectivity index (χ0n) is 13.4. The number of rotatable bonds is 10. The molecule has 22 heavy (non-hydrogen) atoms. The van der Waals surface area contributed by atoms with E-state index in [1.54, 1.807) is 0 Å². The summed E-state index contributed by atoms with van der Waals surface area (Å²) in [6.45, 7) is 5.25. The first-order chi connectivity index (χ1) is 10.7. The Hall–Kier alpha value is -2.04. The Balaban J connectivity index is 2.07. The van der Waals surface area contributed by atoms with Crippen LogP contribution >= 0.6 is 0 Å². The molecule has 5 nitrogen and oxygen atoms in total. The highest BCUT2D eigenvalue weighted by Crippen LogP contribution is 2.08. The molecule has 0 unspecified atom stereocenters. The van der Waals surface area contributed by atoms with E-state index < -0.39 is 0 Å². The van der Waals surface area contributed by atoms with Crippen molar-refractivity contribution in [3.05, 3.63) is 30.3 Å². The van der Waals surface area contributed by atoms with Crippen LogP contribution in [0.1, 0.15) is 33.1 Å². The fraction of sp³-hybridized carbons (Fsp3) is 0.529. The fourth-order valence-electron chi connectivity index (χ4n) is 2.06. The van der Waals surface area contributed by atoms with Crippen LogP contribution in [0.5, 0.6) is 5.75 Å². The van der Waals surface area contributed by atoms with Crippen molar-refractivity contribution in [2.45, 2.75) is 33.1 Å². The minimum absolute atomic E-state index is 0.0617. The summed E-state index contributed by atoms with van der Waals surface area (Å²) in [7, 11) is 0. The van der Waals surface area contributed by atoms with Gasteiger partial charge < -0.3 is 15.4 Å². The summed E-state index contributed by atoms with van der Waals surface area (Å²) in [4.78, 5) is 23.4. The van der Waals surface area contributed by atoms with Gasteiger partial charge >= 0.3 is 0 Å². The summed E-state index contributed by atoms with van der Waals surface area (Å²) in [6, 6.07) is 9.39. The third kappa shape index (κ3) is 7.11. The number of carbonyl (C=O) groups is 2. The molecule has 0 radical (unpaired) electrons. The zero-order valence-corrected chi connectivity index (χ0v) is 13.4. The minimum atomic E-state index is -0.0762. The number of para-hydroxylation sites is 1. The van der Waals surface area contributed by atoms with Gasteiger partial charge in [-0.2, -0.15) is 0 Å². The van der Waals surface area contributed by atoms with Crippen molar-refractivity contribution in [2.75, 3.05) is 19.7 Å². The maximum Gasteiger partial charge on any atom is 0.223 e. The molecule has 0 heterocycles. The minimum Gasteiger partial charge on any atom is -0.493 e. The van der Waals surface area contributed by atoms with Gasteiger partial charge in [0.1, 0.15) is 5.75 Å². The van der Waals surface area contributed by atoms with Crippen LogP contribution in [-0.4, -0.2) is 31.5 Å². The van der Waals surface area contributed by atoms with Crippen LogP contribution in [0, 0.1) is 5.92 Å². The second kappa shape index (κ2) is 10.7. The van der Waals surface area contributed by atoms with E-state index in [4.69, 9.17) is 4.74 Å². The van der Waals surface area contributed by atoms with Crippen molar-refractivity contribution in [1.29, 1.82) is 0 Å². The summed E-state index contributed by atoms with van der Waals surface area (Å²) in [5.74, 6) is 0.807. The first kappa shape index (κ1) is 18.0. The molecule has 0 atom stereocenters. The van der Waals surface area contributed by atoms with Crippen LogP contribution in [0.3, 0.4) is 0 Å². The van der Waals surface area contributed by atoms with Crippen molar-refractivity contribution >= 4 is 11.8 Å². The molecule has 0 bridgehead atoms. The Bertz CT molecular complexity index is 444. The number of carbonyl (C=O) groups excluding carboxylic acids is 2. The highest BCUT2D eigenvalue weighted by atomic mass is 16.5. The monoisotopic (exact) mass is 306 g/mol. The van der Waals surface area contributed by atoms with Crippen molar-refractivity contribution in [2.24, 2.45) is 5.92 Å². The lowest BCUT2D eigenvalue weighted by Gasteiger charge is -2.13. The number of amides is 2. The van der Waals surface area contributed by atoms with E-state index in [1.165, 1.54) is 0 Å². The molecule has 0 aliphatic heterocycles. The zero-order chi connectivity index (χ0) is 16.2. The lowest BCUT2D eigenvalue weighted by Crippen LogP contribution is -2.37. The van der Waals surface area contributed by atoms with Gasteiger partial charge in [0.15, 0.2) is 0 Å². The average Bonchev–Trinajstić information content (AvgIpc) is 2.54. The Morgan fingerprint density at radius 1 is 1.05 bits per heavy atom. The van der Waals surface area contributed by atoms with E-state index in [0.29, 0.717) is 26.1 Å². The lowest BCUT2D eigenvalue weighted by atomic mass is 10.0. The molecule has 1 aromatic carbocycles. The second-order valence-electron chi connectivity index (χ2n) is 5.07. The molecule has 1 rings (SSSR count). The third-order valence-corrected chi connectivity index (χ3v) is 3.44. The van der Waals surface area contributed by atoms with Crippen LogP contribution in [0.2, 0.25) is 0 Å². The molecule has 1 aromatic rings. The van der Waals surface area contributed by atoms with E-state index in [2.05, 4.69) is 10.6 Å². The SMILES string of the molecule is CCC(CC)C(=O)NCCNC(=O)CCOc1ccccc1. The highest BCUT2D eigenvalue weighted by Gasteiger charge is 2.12. The van der Waals surface area contributed by atoms with Crippen molar-refractivity contribution < 1.29 is 14.3 Å². The average molecular weight is 306 g/mol. The van der Waals surface area contributed by atoms with E-state index >= 15 is 0 Å². The van der Waals surface area contributed by atoms with Crippen LogP contribution in [0.4, 0.5) is 0 Å². The van der Waals surface area contributed by atoms with Crippen LogP contribution < -0.4 is 15.4 Å². The van der Waals surface area contributed by atoms with Crippen molar-refractivity contribution in [1.82, 2.24) is 10.6 Å². The molecule has 2 amide bonds. The van der Waals surface area contributed by atoms with Gasteiger partial charge in [-0.05, 0) is 25.0 Å².